The number of methoxy groups -OCH3 is 2. The number of benzene rings is 1. The van der Waals surface area contributed by atoms with Gasteiger partial charge in [-0.15, -0.1) is 0 Å². The lowest BCUT2D eigenvalue weighted by molar-refractivity contribution is -0.139. The van der Waals surface area contributed by atoms with E-state index in [1.165, 1.54) is 39.0 Å². The Morgan fingerprint density at radius 2 is 1.43 bits per heavy atom. The third kappa shape index (κ3) is 7.91. The molecular weight excluding hydrogens is 458 g/mol. The molecule has 2 rings (SSSR count). The molecule has 11 heteroatoms. The van der Waals surface area contributed by atoms with Gasteiger partial charge in [0, 0.05) is 31.8 Å². The van der Waals surface area contributed by atoms with Crippen LogP contribution >= 0.6 is 0 Å². The molecule has 0 bridgehead atoms. The van der Waals surface area contributed by atoms with Crippen LogP contribution in [0.1, 0.15) is 13.8 Å². The number of nitrogens with zero attached hydrogens (tertiary/aromatic N) is 1. The Hall–Kier alpha value is -4.28. The molecule has 0 saturated carbocycles. The number of ether oxygens (including phenoxy) is 4. The fraction of sp³-hybridized carbons (Fsp3) is 0.333. The van der Waals surface area contributed by atoms with Crippen molar-refractivity contribution in [1.29, 1.82) is 0 Å². The predicted octanol–water partition coefficient (Wildman–Crippen LogP) is 1.21. The number of carbonyl (C=O) groups excluding carboxylic acids is 4. The maximum Gasteiger partial charge on any atom is 0.355 e. The number of esters is 2. The topological polar surface area (TPSA) is 133 Å². The first kappa shape index (κ1) is 27.0. The summed E-state index contributed by atoms with van der Waals surface area (Å²) >= 11 is 0. The van der Waals surface area contributed by atoms with E-state index in [2.05, 4.69) is 10.6 Å². The molecule has 2 amide bonds. The lowest BCUT2D eigenvalue weighted by Crippen LogP contribution is -2.27. The van der Waals surface area contributed by atoms with Gasteiger partial charge in [0.15, 0.2) is 11.5 Å². The van der Waals surface area contributed by atoms with Crippen molar-refractivity contribution in [3.8, 4) is 11.5 Å². The average Bonchev–Trinajstić information content (AvgIpc) is 3.06. The Labute approximate surface area is 203 Å². The number of anilines is 1. The summed E-state index contributed by atoms with van der Waals surface area (Å²) in [5.74, 6) is -1.12. The highest BCUT2D eigenvalue weighted by Crippen LogP contribution is 2.35. The van der Waals surface area contributed by atoms with Gasteiger partial charge in [0.05, 0.1) is 32.9 Å². The van der Waals surface area contributed by atoms with Gasteiger partial charge in [-0.1, -0.05) is 6.08 Å². The summed E-state index contributed by atoms with van der Waals surface area (Å²) in [6.07, 6.45) is 6.29. The second-order valence-electron chi connectivity index (χ2n) is 7.11. The number of amides is 2. The SMILES string of the molecule is COC(=O)C1=C(C(=O)OC)N(c2ccc(OCCNC(C)=O)c(OCCNC(C)=O)c2)C=CC=C1. The molecule has 1 aliphatic heterocycles. The van der Waals surface area contributed by atoms with Gasteiger partial charge in [-0.2, -0.15) is 0 Å². The number of hydrogen-bond acceptors (Lipinski definition) is 9. The van der Waals surface area contributed by atoms with Crippen molar-refractivity contribution in [3.63, 3.8) is 0 Å². The van der Waals surface area contributed by atoms with E-state index in [0.29, 0.717) is 23.7 Å². The van der Waals surface area contributed by atoms with Crippen LogP contribution in [0, 0.1) is 0 Å². The molecule has 188 valence electrons. The normalized spacial score (nSPS) is 12.5. The summed E-state index contributed by atoms with van der Waals surface area (Å²) in [6.45, 7) is 3.70. The fourth-order valence-corrected chi connectivity index (χ4v) is 3.02. The Balaban J connectivity index is 2.43. The molecule has 0 saturated heterocycles. The van der Waals surface area contributed by atoms with Crippen molar-refractivity contribution in [2.75, 3.05) is 45.4 Å². The quantitative estimate of drug-likeness (QED) is 0.349. The summed E-state index contributed by atoms with van der Waals surface area (Å²) in [5, 5.41) is 5.28. The van der Waals surface area contributed by atoms with Crippen molar-refractivity contribution < 1.29 is 38.1 Å². The van der Waals surface area contributed by atoms with E-state index < -0.39 is 11.9 Å². The zero-order valence-corrected chi connectivity index (χ0v) is 20.1. The van der Waals surface area contributed by atoms with Crippen LogP contribution in [0.4, 0.5) is 5.69 Å². The third-order valence-electron chi connectivity index (χ3n) is 4.56. The molecule has 1 aromatic rings. The van der Waals surface area contributed by atoms with Crippen LogP contribution in [0.5, 0.6) is 11.5 Å². The highest BCUT2D eigenvalue weighted by Gasteiger charge is 2.28. The predicted molar refractivity (Wildman–Crippen MR) is 127 cm³/mol. The summed E-state index contributed by atoms with van der Waals surface area (Å²) in [5.41, 5.74) is 0.427. The van der Waals surface area contributed by atoms with E-state index >= 15 is 0 Å². The Morgan fingerprint density at radius 3 is 2.00 bits per heavy atom. The van der Waals surface area contributed by atoms with Crippen LogP contribution in [0.15, 0.2) is 53.9 Å². The van der Waals surface area contributed by atoms with Crippen LogP contribution in [-0.2, 0) is 28.7 Å². The Kier molecular flexibility index (Phi) is 10.3. The first-order valence-electron chi connectivity index (χ1n) is 10.7. The van der Waals surface area contributed by atoms with Crippen molar-refractivity contribution in [2.24, 2.45) is 0 Å². The molecule has 2 N–H and O–H groups in total. The van der Waals surface area contributed by atoms with E-state index in [9.17, 15) is 19.2 Å². The molecule has 0 fully saturated rings. The zero-order chi connectivity index (χ0) is 25.8. The molecule has 0 aliphatic carbocycles. The van der Waals surface area contributed by atoms with Crippen molar-refractivity contribution in [1.82, 2.24) is 10.6 Å². The number of rotatable bonds is 11. The lowest BCUT2D eigenvalue weighted by atomic mass is 10.1. The highest BCUT2D eigenvalue weighted by atomic mass is 16.5. The lowest BCUT2D eigenvalue weighted by Gasteiger charge is -2.24. The molecule has 11 nitrogen and oxygen atoms in total. The Bertz CT molecular complexity index is 1050. The molecule has 1 aromatic carbocycles. The molecule has 0 atom stereocenters. The first-order chi connectivity index (χ1) is 16.8. The van der Waals surface area contributed by atoms with Crippen molar-refractivity contribution in [2.45, 2.75) is 13.8 Å². The summed E-state index contributed by atoms with van der Waals surface area (Å²) in [7, 11) is 2.43. The van der Waals surface area contributed by atoms with Crippen molar-refractivity contribution in [3.05, 3.63) is 53.9 Å². The molecule has 0 unspecified atom stereocenters. The van der Waals surface area contributed by atoms with Gasteiger partial charge in [0.1, 0.15) is 18.9 Å². The van der Waals surface area contributed by atoms with Gasteiger partial charge < -0.3 is 34.5 Å². The molecule has 0 aromatic heterocycles. The van der Waals surface area contributed by atoms with E-state index in [0.717, 1.165) is 0 Å². The van der Waals surface area contributed by atoms with Gasteiger partial charge in [-0.25, -0.2) is 9.59 Å². The number of nitrogens with one attached hydrogen (secondary N) is 2. The molecule has 1 heterocycles. The maximum absolute atomic E-state index is 12.7. The molecule has 0 spiro atoms. The third-order valence-corrected chi connectivity index (χ3v) is 4.56. The van der Waals surface area contributed by atoms with Crippen molar-refractivity contribution >= 4 is 29.4 Å². The van der Waals surface area contributed by atoms with E-state index in [1.807, 2.05) is 0 Å². The first-order valence-corrected chi connectivity index (χ1v) is 10.7. The van der Waals surface area contributed by atoms with E-state index in [1.54, 1.807) is 36.6 Å². The molecular formula is C24H29N3O8. The number of hydrogen-bond donors (Lipinski definition) is 2. The highest BCUT2D eigenvalue weighted by molar-refractivity contribution is 6.05. The molecule has 35 heavy (non-hydrogen) atoms. The standard InChI is InChI=1S/C24H29N3O8/c1-16(28)25-10-13-34-20-9-8-18(15-21(20)35-14-11-26-17(2)29)27-12-6-5-7-19(23(30)32-3)22(27)24(31)33-4/h5-9,12,15H,10-11,13-14H2,1-4H3,(H,25,28)(H,26,29). The van der Waals surface area contributed by atoms with Crippen LogP contribution in [0.3, 0.4) is 0 Å². The Morgan fingerprint density at radius 1 is 0.829 bits per heavy atom. The monoisotopic (exact) mass is 487 g/mol. The zero-order valence-electron chi connectivity index (χ0n) is 20.1. The smallest absolute Gasteiger partial charge is 0.355 e. The van der Waals surface area contributed by atoms with Crippen LogP contribution in [0.25, 0.3) is 0 Å². The van der Waals surface area contributed by atoms with E-state index in [-0.39, 0.29) is 42.8 Å². The minimum Gasteiger partial charge on any atom is -0.488 e. The van der Waals surface area contributed by atoms with Crippen LogP contribution < -0.4 is 25.0 Å². The van der Waals surface area contributed by atoms with Gasteiger partial charge >= 0.3 is 11.9 Å². The summed E-state index contributed by atoms with van der Waals surface area (Å²) in [6, 6.07) is 4.92. The molecule has 1 aliphatic rings. The van der Waals surface area contributed by atoms with E-state index in [4.69, 9.17) is 18.9 Å². The van der Waals surface area contributed by atoms with Gasteiger partial charge in [0.2, 0.25) is 11.8 Å². The largest absolute Gasteiger partial charge is 0.488 e. The second kappa shape index (κ2) is 13.4. The number of allylic oxidation sites excluding steroid dienone is 2. The summed E-state index contributed by atoms with van der Waals surface area (Å²) in [4.78, 5) is 48.7. The number of carbonyl (C=O) groups is 4. The van der Waals surface area contributed by atoms with Crippen LogP contribution in [-0.4, -0.2) is 64.3 Å². The summed E-state index contributed by atoms with van der Waals surface area (Å²) < 4.78 is 21.3. The van der Waals surface area contributed by atoms with Gasteiger partial charge in [0.25, 0.3) is 0 Å². The molecule has 0 radical (unpaired) electrons. The minimum atomic E-state index is -0.745. The fourth-order valence-electron chi connectivity index (χ4n) is 3.02. The van der Waals surface area contributed by atoms with Gasteiger partial charge in [-0.3, -0.25) is 9.59 Å². The second-order valence-corrected chi connectivity index (χ2v) is 7.11. The van der Waals surface area contributed by atoms with Crippen LogP contribution in [0.2, 0.25) is 0 Å². The maximum atomic E-state index is 12.7. The van der Waals surface area contributed by atoms with Gasteiger partial charge in [-0.05, 0) is 24.3 Å². The minimum absolute atomic E-state index is 0.00751. The average molecular weight is 488 g/mol.